The first kappa shape index (κ1) is 17.7. The molecule has 1 unspecified atom stereocenters. The van der Waals surface area contributed by atoms with Crippen molar-refractivity contribution in [2.24, 2.45) is 5.41 Å². The lowest BCUT2D eigenvalue weighted by atomic mass is 9.94. The van der Waals surface area contributed by atoms with Crippen LogP contribution in [0.3, 0.4) is 0 Å². The summed E-state index contributed by atoms with van der Waals surface area (Å²) < 4.78 is 10.5. The van der Waals surface area contributed by atoms with Crippen molar-refractivity contribution < 1.29 is 14.3 Å². The van der Waals surface area contributed by atoms with E-state index in [1.165, 1.54) is 5.56 Å². The zero-order chi connectivity index (χ0) is 15.7. The summed E-state index contributed by atoms with van der Waals surface area (Å²) in [6.45, 7) is 10.3. The van der Waals surface area contributed by atoms with Gasteiger partial charge in [0.15, 0.2) is 6.10 Å². The van der Waals surface area contributed by atoms with E-state index in [4.69, 9.17) is 9.47 Å². The van der Waals surface area contributed by atoms with Crippen LogP contribution in [0.1, 0.15) is 33.3 Å². The summed E-state index contributed by atoms with van der Waals surface area (Å²) in [4.78, 5) is 11.5. The number of esters is 1. The topological polar surface area (TPSA) is 47.6 Å². The molecule has 1 aromatic rings. The molecule has 0 bridgehead atoms. The normalized spacial score (nSPS) is 13.0. The summed E-state index contributed by atoms with van der Waals surface area (Å²) in [6.07, 6.45) is -0.515. The zero-order valence-corrected chi connectivity index (χ0v) is 13.5. The largest absolute Gasteiger partial charge is 0.464 e. The molecule has 0 radical (unpaired) electrons. The molecule has 0 spiro atoms. The summed E-state index contributed by atoms with van der Waals surface area (Å²) in [5.74, 6) is -0.300. The van der Waals surface area contributed by atoms with Crippen molar-refractivity contribution in [1.82, 2.24) is 5.32 Å². The Bertz CT molecular complexity index is 417. The minimum atomic E-state index is -0.515. The zero-order valence-electron chi connectivity index (χ0n) is 13.5. The fraction of sp³-hybridized carbons (Fsp3) is 0.588. The average molecular weight is 293 g/mol. The van der Waals surface area contributed by atoms with Gasteiger partial charge in [0.05, 0.1) is 13.2 Å². The number of rotatable bonds is 9. The van der Waals surface area contributed by atoms with Crippen LogP contribution in [0.25, 0.3) is 0 Å². The highest BCUT2D eigenvalue weighted by atomic mass is 16.6. The Morgan fingerprint density at radius 1 is 1.29 bits per heavy atom. The average Bonchev–Trinajstić information content (AvgIpc) is 2.46. The number of ether oxygens (including phenoxy) is 2. The van der Waals surface area contributed by atoms with Crippen molar-refractivity contribution in [2.45, 2.75) is 40.3 Å². The quantitative estimate of drug-likeness (QED) is 0.711. The van der Waals surface area contributed by atoms with Gasteiger partial charge in [-0.05, 0) is 19.4 Å². The Labute approximate surface area is 127 Å². The molecule has 0 saturated carbocycles. The van der Waals surface area contributed by atoms with Crippen LogP contribution in [0.2, 0.25) is 0 Å². The van der Waals surface area contributed by atoms with Crippen LogP contribution < -0.4 is 5.32 Å². The van der Waals surface area contributed by atoms with E-state index in [1.807, 2.05) is 18.2 Å². The fourth-order valence-electron chi connectivity index (χ4n) is 1.87. The van der Waals surface area contributed by atoms with Crippen molar-refractivity contribution >= 4 is 5.97 Å². The maximum atomic E-state index is 11.5. The highest BCUT2D eigenvalue weighted by Gasteiger charge is 2.22. The molecule has 0 fully saturated rings. The fourth-order valence-corrected chi connectivity index (χ4v) is 1.87. The van der Waals surface area contributed by atoms with Gasteiger partial charge in [-0.15, -0.1) is 0 Å². The molecule has 0 aliphatic rings. The van der Waals surface area contributed by atoms with Crippen molar-refractivity contribution in [2.75, 3.05) is 19.8 Å². The van der Waals surface area contributed by atoms with E-state index in [-0.39, 0.29) is 11.4 Å². The second-order valence-electron chi connectivity index (χ2n) is 5.96. The van der Waals surface area contributed by atoms with Crippen LogP contribution in [0, 0.1) is 5.41 Å². The van der Waals surface area contributed by atoms with Gasteiger partial charge in [-0.3, -0.25) is 0 Å². The van der Waals surface area contributed by atoms with Crippen molar-refractivity contribution in [3.63, 3.8) is 0 Å². The molecule has 0 saturated heterocycles. The van der Waals surface area contributed by atoms with E-state index < -0.39 is 6.10 Å². The first-order valence-electron chi connectivity index (χ1n) is 7.47. The predicted molar refractivity (Wildman–Crippen MR) is 84.0 cm³/mol. The third-order valence-corrected chi connectivity index (χ3v) is 3.12. The SMILES string of the molecule is CCOC(=O)C(C)OCC(C)(C)CNCc1ccccc1. The number of carbonyl (C=O) groups excluding carboxylic acids is 1. The Hall–Kier alpha value is -1.39. The van der Waals surface area contributed by atoms with Crippen LogP contribution >= 0.6 is 0 Å². The lowest BCUT2D eigenvalue weighted by Crippen LogP contribution is -2.35. The summed E-state index contributed by atoms with van der Waals surface area (Å²) in [5.41, 5.74) is 1.21. The minimum Gasteiger partial charge on any atom is -0.464 e. The van der Waals surface area contributed by atoms with Gasteiger partial charge in [-0.25, -0.2) is 4.79 Å². The highest BCUT2D eigenvalue weighted by Crippen LogP contribution is 2.15. The number of benzene rings is 1. The third kappa shape index (κ3) is 7.25. The lowest BCUT2D eigenvalue weighted by Gasteiger charge is -2.26. The third-order valence-electron chi connectivity index (χ3n) is 3.12. The number of hydrogen-bond acceptors (Lipinski definition) is 4. The van der Waals surface area contributed by atoms with E-state index in [9.17, 15) is 4.79 Å². The van der Waals surface area contributed by atoms with Crippen molar-refractivity contribution in [3.8, 4) is 0 Å². The molecule has 21 heavy (non-hydrogen) atoms. The van der Waals surface area contributed by atoms with E-state index >= 15 is 0 Å². The first-order valence-corrected chi connectivity index (χ1v) is 7.47. The van der Waals surface area contributed by atoms with Crippen LogP contribution in [0.15, 0.2) is 30.3 Å². The number of carbonyl (C=O) groups is 1. The molecular formula is C17H27NO3. The van der Waals surface area contributed by atoms with Crippen molar-refractivity contribution in [1.29, 1.82) is 0 Å². The Morgan fingerprint density at radius 2 is 1.95 bits per heavy atom. The summed E-state index contributed by atoms with van der Waals surface area (Å²) in [6, 6.07) is 10.3. The number of nitrogens with one attached hydrogen (secondary N) is 1. The molecule has 1 rings (SSSR count). The summed E-state index contributed by atoms with van der Waals surface area (Å²) in [5, 5.41) is 3.42. The van der Waals surface area contributed by atoms with E-state index in [1.54, 1.807) is 13.8 Å². The molecule has 0 aliphatic heterocycles. The maximum absolute atomic E-state index is 11.5. The van der Waals surface area contributed by atoms with Gasteiger partial charge in [0.2, 0.25) is 0 Å². The molecule has 4 nitrogen and oxygen atoms in total. The Balaban J connectivity index is 2.28. The van der Waals surface area contributed by atoms with E-state index in [0.717, 1.165) is 13.1 Å². The molecule has 1 aromatic carbocycles. The van der Waals surface area contributed by atoms with Gasteiger partial charge in [-0.2, -0.15) is 0 Å². The lowest BCUT2D eigenvalue weighted by molar-refractivity contribution is -0.157. The molecule has 0 aliphatic carbocycles. The summed E-state index contributed by atoms with van der Waals surface area (Å²) >= 11 is 0. The minimum absolute atomic E-state index is 0.0461. The molecule has 1 atom stereocenters. The van der Waals surface area contributed by atoms with Gasteiger partial charge in [0, 0.05) is 18.5 Å². The van der Waals surface area contributed by atoms with Gasteiger partial charge in [0.1, 0.15) is 0 Å². The van der Waals surface area contributed by atoms with Gasteiger partial charge >= 0.3 is 5.97 Å². The number of hydrogen-bond donors (Lipinski definition) is 1. The first-order chi connectivity index (χ1) is 9.94. The molecule has 1 N–H and O–H groups in total. The smallest absolute Gasteiger partial charge is 0.334 e. The molecule has 0 heterocycles. The van der Waals surface area contributed by atoms with Crippen LogP contribution in [0.4, 0.5) is 0 Å². The molecule has 118 valence electrons. The van der Waals surface area contributed by atoms with Gasteiger partial charge < -0.3 is 14.8 Å². The van der Waals surface area contributed by atoms with E-state index in [0.29, 0.717) is 13.2 Å². The molecule has 0 amide bonds. The van der Waals surface area contributed by atoms with E-state index in [2.05, 4.69) is 31.3 Å². The van der Waals surface area contributed by atoms with Crippen LogP contribution in [-0.4, -0.2) is 31.8 Å². The maximum Gasteiger partial charge on any atom is 0.334 e. The Morgan fingerprint density at radius 3 is 2.57 bits per heavy atom. The monoisotopic (exact) mass is 293 g/mol. The van der Waals surface area contributed by atoms with Crippen molar-refractivity contribution in [3.05, 3.63) is 35.9 Å². The van der Waals surface area contributed by atoms with Gasteiger partial charge in [0.25, 0.3) is 0 Å². The predicted octanol–water partition coefficient (Wildman–Crippen LogP) is 2.77. The standard InChI is InChI=1S/C17H27NO3/c1-5-20-16(19)14(2)21-13-17(3,4)12-18-11-15-9-7-6-8-10-15/h6-10,14,18H,5,11-13H2,1-4H3. The molecular weight excluding hydrogens is 266 g/mol. The highest BCUT2D eigenvalue weighted by molar-refractivity contribution is 5.74. The summed E-state index contributed by atoms with van der Waals surface area (Å²) in [7, 11) is 0. The molecule has 4 heteroatoms. The van der Waals surface area contributed by atoms with Crippen LogP contribution in [-0.2, 0) is 20.8 Å². The second-order valence-corrected chi connectivity index (χ2v) is 5.96. The van der Waals surface area contributed by atoms with Gasteiger partial charge in [-0.1, -0.05) is 44.2 Å². The second kappa shape index (κ2) is 8.80. The van der Waals surface area contributed by atoms with Crippen LogP contribution in [0.5, 0.6) is 0 Å². The Kier molecular flexibility index (Phi) is 7.40. The molecule has 0 aromatic heterocycles.